The summed E-state index contributed by atoms with van der Waals surface area (Å²) in [5.74, 6) is -0.0492. The van der Waals surface area contributed by atoms with Crippen molar-refractivity contribution in [3.63, 3.8) is 0 Å². The summed E-state index contributed by atoms with van der Waals surface area (Å²) in [7, 11) is 0. The van der Waals surface area contributed by atoms with Gasteiger partial charge in [-0.25, -0.2) is 4.98 Å². The van der Waals surface area contributed by atoms with Crippen molar-refractivity contribution in [1.29, 1.82) is 0 Å². The average molecular weight is 405 g/mol. The number of halogens is 2. The molecule has 0 bridgehead atoms. The van der Waals surface area contributed by atoms with Crippen LogP contribution in [0.3, 0.4) is 0 Å². The molecule has 1 saturated heterocycles. The Labute approximate surface area is 163 Å². The number of ether oxygens (including phenoxy) is 1. The third-order valence-corrected chi connectivity index (χ3v) is 4.74. The number of nitrogens with zero attached hydrogens (tertiary/aromatic N) is 2. The molecule has 1 fully saturated rings. The van der Waals surface area contributed by atoms with Gasteiger partial charge in [0.25, 0.3) is 0 Å². The molecule has 0 spiro atoms. The maximum absolute atomic E-state index is 12.0. The molecule has 138 valence electrons. The lowest BCUT2D eigenvalue weighted by atomic mass is 10.2. The fourth-order valence-electron chi connectivity index (χ4n) is 2.56. The summed E-state index contributed by atoms with van der Waals surface area (Å²) in [6.45, 7) is 1.04. The predicted molar refractivity (Wildman–Crippen MR) is 104 cm³/mol. The molecule has 2 aromatic rings. The van der Waals surface area contributed by atoms with Crippen LogP contribution in [0.5, 0.6) is 0 Å². The van der Waals surface area contributed by atoms with Gasteiger partial charge in [-0.1, -0.05) is 0 Å². The van der Waals surface area contributed by atoms with E-state index in [4.69, 9.17) is 10.5 Å². The molecule has 2 atom stereocenters. The molecule has 1 aliphatic rings. The first-order chi connectivity index (χ1) is 11.3. The van der Waals surface area contributed by atoms with Crippen LogP contribution in [0.4, 0.5) is 0 Å². The number of carbonyl (C=O) groups is 1. The van der Waals surface area contributed by atoms with Crippen LogP contribution in [0.15, 0.2) is 29.9 Å². The molecule has 3 heterocycles. The number of hydrogen-bond donors (Lipinski definition) is 2. The lowest BCUT2D eigenvalue weighted by molar-refractivity contribution is -0.131. The Balaban J connectivity index is 0.00000156. The molecular weight excluding hydrogens is 383 g/mol. The molecule has 3 rings (SSSR count). The number of aromatic nitrogens is 2. The molecule has 0 aliphatic carbocycles. The van der Waals surface area contributed by atoms with Crippen molar-refractivity contribution in [3.05, 3.63) is 34.9 Å². The quantitative estimate of drug-likeness (QED) is 0.769. The minimum absolute atomic E-state index is 0. The number of carbonyl (C=O) groups excluding carboxylic acids is 1. The van der Waals surface area contributed by atoms with E-state index in [1.54, 1.807) is 23.7 Å². The maximum Gasteiger partial charge on any atom is 0.249 e. The fraction of sp³-hybridized carbons (Fsp3) is 0.438. The van der Waals surface area contributed by atoms with E-state index in [2.05, 4.69) is 15.3 Å². The van der Waals surface area contributed by atoms with E-state index in [0.29, 0.717) is 19.5 Å². The Morgan fingerprint density at radius 1 is 1.32 bits per heavy atom. The van der Waals surface area contributed by atoms with Gasteiger partial charge in [0.05, 0.1) is 16.8 Å². The van der Waals surface area contributed by atoms with Gasteiger partial charge in [0.15, 0.2) is 0 Å². The van der Waals surface area contributed by atoms with Crippen LogP contribution >= 0.6 is 36.2 Å². The van der Waals surface area contributed by atoms with E-state index in [-0.39, 0.29) is 42.9 Å². The van der Waals surface area contributed by atoms with Crippen molar-refractivity contribution in [2.75, 3.05) is 13.1 Å². The average Bonchev–Trinajstić information content (AvgIpc) is 3.25. The monoisotopic (exact) mass is 404 g/mol. The summed E-state index contributed by atoms with van der Waals surface area (Å²) in [6, 6.07) is 3.87. The fourth-order valence-corrected chi connectivity index (χ4v) is 3.37. The smallest absolute Gasteiger partial charge is 0.249 e. The second-order valence-electron chi connectivity index (χ2n) is 5.46. The minimum Gasteiger partial charge on any atom is -0.364 e. The standard InChI is InChI=1S/C16H20N4O2S.2ClH/c17-9-12-1-2-14(22-12)16(21)19-8-5-15-20-13(10-23-15)11-3-6-18-7-4-11;;/h3-4,6-7,10,12,14H,1-2,5,8-9,17H2,(H,19,21);2*1H/t12-,14+;;/m1../s1. The number of amides is 1. The second kappa shape index (κ2) is 10.7. The zero-order valence-corrected chi connectivity index (χ0v) is 16.0. The summed E-state index contributed by atoms with van der Waals surface area (Å²) in [5, 5.41) is 5.95. The Bertz CT molecular complexity index is 657. The molecule has 1 amide bonds. The number of nitrogens with one attached hydrogen (secondary N) is 1. The first-order valence-corrected chi connectivity index (χ1v) is 8.62. The van der Waals surface area contributed by atoms with Crippen molar-refractivity contribution in [2.24, 2.45) is 5.73 Å². The van der Waals surface area contributed by atoms with Gasteiger partial charge in [-0.3, -0.25) is 9.78 Å². The highest BCUT2D eigenvalue weighted by molar-refractivity contribution is 7.09. The third-order valence-electron chi connectivity index (χ3n) is 3.83. The van der Waals surface area contributed by atoms with Crippen molar-refractivity contribution in [3.8, 4) is 11.3 Å². The number of thiazole rings is 1. The molecular formula is C16H22Cl2N4O2S. The first-order valence-electron chi connectivity index (χ1n) is 7.74. The largest absolute Gasteiger partial charge is 0.364 e. The van der Waals surface area contributed by atoms with Crippen LogP contribution in [0, 0.1) is 0 Å². The van der Waals surface area contributed by atoms with Gasteiger partial charge in [0, 0.05) is 42.8 Å². The molecule has 0 radical (unpaired) electrons. The van der Waals surface area contributed by atoms with Gasteiger partial charge in [0.2, 0.25) is 5.91 Å². The number of hydrogen-bond acceptors (Lipinski definition) is 6. The third kappa shape index (κ3) is 5.90. The lowest BCUT2D eigenvalue weighted by Gasteiger charge is -2.12. The van der Waals surface area contributed by atoms with Crippen LogP contribution in [-0.2, 0) is 16.0 Å². The second-order valence-corrected chi connectivity index (χ2v) is 6.41. The van der Waals surface area contributed by atoms with Gasteiger partial charge in [0.1, 0.15) is 6.10 Å². The van der Waals surface area contributed by atoms with E-state index >= 15 is 0 Å². The molecule has 0 saturated carbocycles. The molecule has 9 heteroatoms. The Morgan fingerprint density at radius 3 is 2.76 bits per heavy atom. The molecule has 25 heavy (non-hydrogen) atoms. The summed E-state index contributed by atoms with van der Waals surface area (Å²) >= 11 is 1.60. The van der Waals surface area contributed by atoms with Crippen LogP contribution < -0.4 is 11.1 Å². The van der Waals surface area contributed by atoms with Crippen LogP contribution in [0.1, 0.15) is 17.8 Å². The van der Waals surface area contributed by atoms with Crippen LogP contribution in [0.2, 0.25) is 0 Å². The summed E-state index contributed by atoms with van der Waals surface area (Å²) < 4.78 is 5.58. The molecule has 0 unspecified atom stereocenters. The number of nitrogens with two attached hydrogens (primary N) is 1. The van der Waals surface area contributed by atoms with Crippen molar-refractivity contribution in [1.82, 2.24) is 15.3 Å². The van der Waals surface area contributed by atoms with E-state index in [1.165, 1.54) is 0 Å². The maximum atomic E-state index is 12.0. The van der Waals surface area contributed by atoms with Gasteiger partial charge in [-0.15, -0.1) is 36.2 Å². The molecule has 6 nitrogen and oxygen atoms in total. The molecule has 1 aliphatic heterocycles. The van der Waals surface area contributed by atoms with Crippen LogP contribution in [-0.4, -0.2) is 41.2 Å². The first kappa shape index (κ1) is 21.8. The minimum atomic E-state index is -0.354. The summed E-state index contributed by atoms with van der Waals surface area (Å²) in [5.41, 5.74) is 7.56. The summed E-state index contributed by atoms with van der Waals surface area (Å²) in [4.78, 5) is 20.6. The van der Waals surface area contributed by atoms with Crippen LogP contribution in [0.25, 0.3) is 11.3 Å². The predicted octanol–water partition coefficient (Wildman–Crippen LogP) is 2.21. The number of rotatable bonds is 6. The SMILES string of the molecule is Cl.Cl.NC[C@H]1CC[C@@H](C(=O)NCCc2nc(-c3ccncc3)cs2)O1. The molecule has 2 aromatic heterocycles. The topological polar surface area (TPSA) is 90.1 Å². The normalized spacial score (nSPS) is 18.9. The van der Waals surface area contributed by atoms with Gasteiger partial charge >= 0.3 is 0 Å². The van der Waals surface area contributed by atoms with Crippen molar-refractivity contribution in [2.45, 2.75) is 31.5 Å². The molecule has 3 N–H and O–H groups in total. The highest BCUT2D eigenvalue weighted by atomic mass is 35.5. The Kier molecular flexibility index (Phi) is 9.31. The van der Waals surface area contributed by atoms with Gasteiger partial charge in [-0.2, -0.15) is 0 Å². The lowest BCUT2D eigenvalue weighted by Crippen LogP contribution is -2.36. The van der Waals surface area contributed by atoms with Crippen molar-refractivity contribution >= 4 is 42.1 Å². The molecule has 0 aromatic carbocycles. The van der Waals surface area contributed by atoms with Gasteiger partial charge in [-0.05, 0) is 25.0 Å². The zero-order valence-electron chi connectivity index (χ0n) is 13.6. The van der Waals surface area contributed by atoms with E-state index < -0.39 is 0 Å². The zero-order chi connectivity index (χ0) is 16.1. The number of pyridine rings is 1. The van der Waals surface area contributed by atoms with E-state index in [0.717, 1.165) is 29.1 Å². The van der Waals surface area contributed by atoms with E-state index in [9.17, 15) is 4.79 Å². The summed E-state index contributed by atoms with van der Waals surface area (Å²) in [6.07, 6.45) is 5.50. The Hall–Kier alpha value is -1.25. The Morgan fingerprint density at radius 2 is 2.08 bits per heavy atom. The highest BCUT2D eigenvalue weighted by Crippen LogP contribution is 2.21. The van der Waals surface area contributed by atoms with Crippen molar-refractivity contribution < 1.29 is 9.53 Å². The van der Waals surface area contributed by atoms with E-state index in [1.807, 2.05) is 17.5 Å². The van der Waals surface area contributed by atoms with Gasteiger partial charge < -0.3 is 15.8 Å². The highest BCUT2D eigenvalue weighted by Gasteiger charge is 2.29.